The number of rotatable bonds is 13. The van der Waals surface area contributed by atoms with Gasteiger partial charge in [0.15, 0.2) is 9.84 Å². The molecule has 0 spiro atoms. The smallest absolute Gasteiger partial charge is 0.211 e. The molecule has 50 heavy (non-hydrogen) atoms. The van der Waals surface area contributed by atoms with Gasteiger partial charge in [-0.05, 0) is 109 Å². The Morgan fingerprint density at radius 3 is 2.10 bits per heavy atom. The minimum absolute atomic E-state index is 0.0374. The maximum Gasteiger partial charge on any atom is 0.211 e. The summed E-state index contributed by atoms with van der Waals surface area (Å²) in [4.78, 5) is 27.1. The van der Waals surface area contributed by atoms with Crippen LogP contribution in [-0.2, 0) is 25.7 Å². The predicted molar refractivity (Wildman–Crippen MR) is 202 cm³/mol. The Morgan fingerprint density at radius 2 is 1.56 bits per heavy atom. The number of halogens is 3. The molecule has 0 bridgehead atoms. The van der Waals surface area contributed by atoms with Crippen LogP contribution in [-0.4, -0.2) is 106 Å². The summed E-state index contributed by atoms with van der Waals surface area (Å²) >= 11 is 19.5. The van der Waals surface area contributed by atoms with Crippen molar-refractivity contribution in [2.24, 2.45) is 4.99 Å². The van der Waals surface area contributed by atoms with E-state index in [9.17, 15) is 13.2 Å². The van der Waals surface area contributed by atoms with E-state index in [1.54, 1.807) is 12.1 Å². The van der Waals surface area contributed by atoms with Gasteiger partial charge in [-0.3, -0.25) is 14.7 Å². The fraction of sp³-hybridized carbons (Fsp3) is 0.459. The minimum Gasteiger partial charge on any atom is -0.493 e. The van der Waals surface area contributed by atoms with Crippen molar-refractivity contribution >= 4 is 56.9 Å². The number of aliphatic imine (C=N–C) groups is 1. The van der Waals surface area contributed by atoms with Gasteiger partial charge in [-0.2, -0.15) is 0 Å². The summed E-state index contributed by atoms with van der Waals surface area (Å²) < 4.78 is 32.4. The lowest BCUT2D eigenvalue weighted by atomic mass is 9.70. The fourth-order valence-corrected chi connectivity index (χ4v) is 9.02. The van der Waals surface area contributed by atoms with Crippen LogP contribution in [0.2, 0.25) is 15.1 Å². The largest absolute Gasteiger partial charge is 0.493 e. The number of hydrogen-bond donors (Lipinski definition) is 0. The molecule has 1 amide bonds. The third-order valence-corrected chi connectivity index (χ3v) is 12.3. The number of amidine groups is 1. The lowest BCUT2D eigenvalue weighted by molar-refractivity contribution is -0.123. The Kier molecular flexibility index (Phi) is 11.5. The number of nitrogens with zero attached hydrogens (tertiary/aromatic N) is 5. The summed E-state index contributed by atoms with van der Waals surface area (Å²) in [6.07, 6.45) is 3.20. The van der Waals surface area contributed by atoms with Crippen molar-refractivity contribution < 1.29 is 17.9 Å². The summed E-state index contributed by atoms with van der Waals surface area (Å²) in [7, 11) is 2.46. The molecule has 13 heteroatoms. The molecule has 0 aliphatic carbocycles. The number of amides is 1. The summed E-state index contributed by atoms with van der Waals surface area (Å²) in [5.41, 5.74) is 0.275. The summed E-state index contributed by atoms with van der Waals surface area (Å²) in [6.45, 7) is 8.61. The first-order valence-corrected chi connectivity index (χ1v) is 19.7. The second kappa shape index (κ2) is 15.0. The molecular formula is C37H46Cl3N5O4S. The lowest BCUT2D eigenvalue weighted by Gasteiger charge is -2.52. The van der Waals surface area contributed by atoms with Crippen molar-refractivity contribution in [1.29, 1.82) is 0 Å². The Hall–Kier alpha value is -2.86. The van der Waals surface area contributed by atoms with Crippen LogP contribution in [0.4, 0.5) is 0 Å². The van der Waals surface area contributed by atoms with Crippen LogP contribution in [0.25, 0.3) is 0 Å². The quantitative estimate of drug-likeness (QED) is 0.178. The number of likely N-dealkylation sites (N-methyl/N-ethyl adjacent to an activating group) is 1. The molecule has 0 N–H and O–H groups in total. The van der Waals surface area contributed by atoms with E-state index in [0.717, 1.165) is 49.7 Å². The van der Waals surface area contributed by atoms with E-state index in [0.29, 0.717) is 40.3 Å². The number of ether oxygens (including phenoxy) is 1. The van der Waals surface area contributed by atoms with Crippen LogP contribution in [0.15, 0.2) is 70.6 Å². The van der Waals surface area contributed by atoms with E-state index in [2.05, 4.69) is 49.7 Å². The Balaban J connectivity index is 1.86. The first kappa shape index (κ1) is 38.4. The summed E-state index contributed by atoms with van der Waals surface area (Å²) in [6, 6.07) is 18.3. The number of benzene rings is 3. The molecule has 9 nitrogen and oxygen atoms in total. The second-order valence-electron chi connectivity index (χ2n) is 13.7. The Morgan fingerprint density at radius 1 is 0.960 bits per heavy atom. The average molecular weight is 763 g/mol. The van der Waals surface area contributed by atoms with Crippen molar-refractivity contribution in [1.82, 2.24) is 19.6 Å². The molecule has 2 unspecified atom stereocenters. The molecule has 3 aromatic carbocycles. The van der Waals surface area contributed by atoms with E-state index in [1.165, 1.54) is 0 Å². The second-order valence-corrected chi connectivity index (χ2v) is 17.0. The zero-order valence-corrected chi connectivity index (χ0v) is 32.7. The molecule has 3 aromatic rings. The maximum atomic E-state index is 13.1. The van der Waals surface area contributed by atoms with Gasteiger partial charge < -0.3 is 19.4 Å². The predicted octanol–water partition coefficient (Wildman–Crippen LogP) is 6.78. The highest BCUT2D eigenvalue weighted by Crippen LogP contribution is 2.56. The molecule has 0 saturated carbocycles. The molecule has 2 aliphatic heterocycles. The monoisotopic (exact) mass is 761 g/mol. The average Bonchev–Trinajstić information content (AvgIpc) is 3.57. The van der Waals surface area contributed by atoms with Crippen molar-refractivity contribution in [3.05, 3.63) is 92.4 Å². The van der Waals surface area contributed by atoms with Gasteiger partial charge >= 0.3 is 0 Å². The highest BCUT2D eigenvalue weighted by molar-refractivity contribution is 7.90. The number of sulfone groups is 1. The lowest BCUT2D eigenvalue weighted by Crippen LogP contribution is -2.63. The van der Waals surface area contributed by atoms with Crippen LogP contribution in [0.3, 0.4) is 0 Å². The molecule has 4 atom stereocenters. The van der Waals surface area contributed by atoms with E-state index in [1.807, 2.05) is 60.4 Å². The molecule has 270 valence electrons. The highest BCUT2D eigenvalue weighted by Gasteiger charge is 2.61. The topological polar surface area (TPSA) is 85.8 Å². The first-order chi connectivity index (χ1) is 23.6. The van der Waals surface area contributed by atoms with Crippen molar-refractivity contribution in [3.63, 3.8) is 0 Å². The van der Waals surface area contributed by atoms with Crippen LogP contribution in [0, 0.1) is 0 Å². The fourth-order valence-electron chi connectivity index (χ4n) is 7.45. The van der Waals surface area contributed by atoms with Crippen LogP contribution in [0.5, 0.6) is 5.75 Å². The number of likely N-dealkylation sites (tertiary alicyclic amines) is 1. The standard InChI is InChI=1S/C37H46Cl3N5O4S/c1-8-49-32-23-30(40)33(50(7,47)48)22-29(32)34-41-36(2,25-10-14-27(38)15-11-25)37(3,26-12-16-28(39)17-13-26)45(34)35-31(18-21-44(35)24-46)43(6)20-9-19-42(4)5/h10-17,22-24,31,35H,8-9,18-21H2,1-7H3/t31?,35?,36-,37+/m0/s1. The minimum atomic E-state index is -3.75. The molecule has 2 aliphatic rings. The van der Waals surface area contributed by atoms with Crippen LogP contribution in [0.1, 0.15) is 50.3 Å². The zero-order valence-electron chi connectivity index (χ0n) is 29.7. The summed E-state index contributed by atoms with van der Waals surface area (Å²) in [5.74, 6) is 0.870. The molecule has 0 aromatic heterocycles. The van der Waals surface area contributed by atoms with Gasteiger partial charge in [-0.25, -0.2) is 8.42 Å². The van der Waals surface area contributed by atoms with Crippen molar-refractivity contribution in [2.75, 3.05) is 53.6 Å². The van der Waals surface area contributed by atoms with Crippen LogP contribution < -0.4 is 4.74 Å². The van der Waals surface area contributed by atoms with E-state index in [-0.39, 0.29) is 16.0 Å². The SMILES string of the molecule is CCOc1cc(Cl)c(S(C)(=O)=O)cc1C1=N[C@@](C)(c2ccc(Cl)cc2)[C@@](C)(c2ccc(Cl)cc2)N1C1C(N(C)CCCN(C)C)CCN1C=O. The van der Waals surface area contributed by atoms with Gasteiger partial charge in [0.1, 0.15) is 23.3 Å². The molecule has 1 fully saturated rings. The Bertz CT molecular complexity index is 1840. The highest BCUT2D eigenvalue weighted by atomic mass is 35.5. The zero-order chi connectivity index (χ0) is 36.6. The van der Waals surface area contributed by atoms with Crippen molar-refractivity contribution in [3.8, 4) is 5.75 Å². The van der Waals surface area contributed by atoms with Gasteiger partial charge in [-0.15, -0.1) is 0 Å². The first-order valence-electron chi connectivity index (χ1n) is 16.7. The van der Waals surface area contributed by atoms with Gasteiger partial charge in [0.05, 0.1) is 33.7 Å². The molecular weight excluding hydrogens is 717 g/mol. The van der Waals surface area contributed by atoms with Crippen molar-refractivity contribution in [2.45, 2.75) is 61.8 Å². The Labute approximate surface area is 311 Å². The van der Waals surface area contributed by atoms with E-state index < -0.39 is 27.1 Å². The third kappa shape index (κ3) is 7.12. The van der Waals surface area contributed by atoms with Crippen LogP contribution >= 0.6 is 34.8 Å². The number of hydrogen-bond acceptors (Lipinski definition) is 8. The number of carbonyl (C=O) groups is 1. The van der Waals surface area contributed by atoms with Gasteiger partial charge in [-0.1, -0.05) is 59.1 Å². The van der Waals surface area contributed by atoms with E-state index >= 15 is 0 Å². The van der Waals surface area contributed by atoms with Gasteiger partial charge in [0.25, 0.3) is 0 Å². The third-order valence-electron chi connectivity index (χ3n) is 10.2. The van der Waals surface area contributed by atoms with Gasteiger partial charge in [0.2, 0.25) is 6.41 Å². The maximum absolute atomic E-state index is 13.1. The molecule has 0 radical (unpaired) electrons. The molecule has 1 saturated heterocycles. The summed E-state index contributed by atoms with van der Waals surface area (Å²) in [5, 5.41) is 1.22. The van der Waals surface area contributed by atoms with E-state index in [4.69, 9.17) is 44.5 Å². The molecule has 2 heterocycles. The molecule has 5 rings (SSSR count). The normalized spacial score (nSPS) is 24.0. The van der Waals surface area contributed by atoms with Gasteiger partial charge in [0, 0.05) is 28.9 Å². The number of carbonyl (C=O) groups excluding carboxylic acids is 1.